The van der Waals surface area contributed by atoms with Gasteiger partial charge in [0.1, 0.15) is 0 Å². The van der Waals surface area contributed by atoms with Crippen molar-refractivity contribution in [2.24, 2.45) is 0 Å². The van der Waals surface area contributed by atoms with E-state index in [1.54, 1.807) is 13.1 Å². The third-order valence-electron chi connectivity index (χ3n) is 2.61. The number of hydrogen-bond acceptors (Lipinski definition) is 3. The zero-order chi connectivity index (χ0) is 12.3. The first kappa shape index (κ1) is 11.1. The van der Waals surface area contributed by atoms with E-state index >= 15 is 0 Å². The quantitative estimate of drug-likeness (QED) is 0.787. The highest BCUT2D eigenvalue weighted by Gasteiger charge is 2.12. The number of imide groups is 1. The number of benzene rings is 2. The largest absolute Gasteiger partial charge is 0.387 e. The standard InChI is InChI=1S/C13H12N2O2/c1-14-12-10-5-3-2-4-9(10)6-7-11(12)13(17)15-8-16/h2-8,14H,1H3,(H,15,16,17). The van der Waals surface area contributed by atoms with Gasteiger partial charge < -0.3 is 5.32 Å². The molecule has 86 valence electrons. The van der Waals surface area contributed by atoms with Gasteiger partial charge in [-0.25, -0.2) is 0 Å². The lowest BCUT2D eigenvalue weighted by molar-refractivity contribution is -0.108. The van der Waals surface area contributed by atoms with Crippen LogP contribution in [-0.4, -0.2) is 19.4 Å². The van der Waals surface area contributed by atoms with Crippen LogP contribution in [0.3, 0.4) is 0 Å². The second-order valence-electron chi connectivity index (χ2n) is 3.55. The number of carbonyl (C=O) groups excluding carboxylic acids is 2. The van der Waals surface area contributed by atoms with Gasteiger partial charge in [0.2, 0.25) is 6.41 Å². The Balaban J connectivity index is 2.64. The Morgan fingerprint density at radius 1 is 1.18 bits per heavy atom. The van der Waals surface area contributed by atoms with E-state index in [1.807, 2.05) is 30.3 Å². The van der Waals surface area contributed by atoms with Crippen molar-refractivity contribution in [1.82, 2.24) is 5.32 Å². The van der Waals surface area contributed by atoms with Crippen molar-refractivity contribution in [2.75, 3.05) is 12.4 Å². The summed E-state index contributed by atoms with van der Waals surface area (Å²) in [6, 6.07) is 11.3. The molecule has 0 aliphatic heterocycles. The average Bonchev–Trinajstić information content (AvgIpc) is 2.37. The summed E-state index contributed by atoms with van der Waals surface area (Å²) >= 11 is 0. The number of nitrogens with one attached hydrogen (secondary N) is 2. The maximum atomic E-state index is 11.7. The first-order valence-corrected chi connectivity index (χ1v) is 5.22. The maximum Gasteiger partial charge on any atom is 0.259 e. The molecule has 4 heteroatoms. The lowest BCUT2D eigenvalue weighted by Gasteiger charge is -2.11. The van der Waals surface area contributed by atoms with E-state index in [0.29, 0.717) is 12.0 Å². The second kappa shape index (κ2) is 4.65. The number of fused-ring (bicyclic) bond motifs is 1. The van der Waals surface area contributed by atoms with Gasteiger partial charge in [-0.1, -0.05) is 30.3 Å². The molecule has 0 saturated heterocycles. The van der Waals surface area contributed by atoms with Crippen LogP contribution in [0.15, 0.2) is 36.4 Å². The lowest BCUT2D eigenvalue weighted by Crippen LogP contribution is -2.22. The Morgan fingerprint density at radius 2 is 1.94 bits per heavy atom. The van der Waals surface area contributed by atoms with Crippen molar-refractivity contribution in [3.05, 3.63) is 42.0 Å². The molecule has 4 nitrogen and oxygen atoms in total. The molecule has 2 aromatic carbocycles. The van der Waals surface area contributed by atoms with Gasteiger partial charge in [-0.2, -0.15) is 0 Å². The van der Waals surface area contributed by atoms with Crippen LogP contribution in [0.5, 0.6) is 0 Å². The molecule has 0 fully saturated rings. The third-order valence-corrected chi connectivity index (χ3v) is 2.61. The summed E-state index contributed by atoms with van der Waals surface area (Å²) in [7, 11) is 1.75. The summed E-state index contributed by atoms with van der Waals surface area (Å²) in [4.78, 5) is 22.0. The molecule has 17 heavy (non-hydrogen) atoms. The molecular weight excluding hydrogens is 216 g/mol. The highest BCUT2D eigenvalue weighted by molar-refractivity contribution is 6.10. The molecule has 0 aliphatic rings. The lowest BCUT2D eigenvalue weighted by atomic mass is 10.0. The fraction of sp³-hybridized carbons (Fsp3) is 0.0769. The molecule has 0 aromatic heterocycles. The molecule has 2 N–H and O–H groups in total. The number of hydrogen-bond donors (Lipinski definition) is 2. The molecule has 0 unspecified atom stereocenters. The van der Waals surface area contributed by atoms with Crippen molar-refractivity contribution in [2.45, 2.75) is 0 Å². The molecule has 2 amide bonds. The van der Waals surface area contributed by atoms with E-state index < -0.39 is 5.91 Å². The van der Waals surface area contributed by atoms with Crippen molar-refractivity contribution < 1.29 is 9.59 Å². The Bertz CT molecular complexity index is 579. The number of amides is 2. The van der Waals surface area contributed by atoms with Crippen LogP contribution in [0.25, 0.3) is 10.8 Å². The Labute approximate surface area is 98.6 Å². The molecular formula is C13H12N2O2. The van der Waals surface area contributed by atoms with Crippen LogP contribution in [0.2, 0.25) is 0 Å². The Kier molecular flexibility index (Phi) is 3.05. The van der Waals surface area contributed by atoms with Crippen molar-refractivity contribution in [3.63, 3.8) is 0 Å². The summed E-state index contributed by atoms with van der Waals surface area (Å²) in [5.74, 6) is -0.407. The van der Waals surface area contributed by atoms with Gasteiger partial charge in [0.15, 0.2) is 0 Å². The average molecular weight is 228 g/mol. The van der Waals surface area contributed by atoms with Crippen LogP contribution in [-0.2, 0) is 4.79 Å². The molecule has 0 heterocycles. The van der Waals surface area contributed by atoms with Gasteiger partial charge in [-0.05, 0) is 11.5 Å². The molecule has 0 atom stereocenters. The fourth-order valence-corrected chi connectivity index (χ4v) is 1.86. The third kappa shape index (κ3) is 1.97. The number of anilines is 1. The van der Waals surface area contributed by atoms with Crippen molar-refractivity contribution in [3.8, 4) is 0 Å². The summed E-state index contributed by atoms with van der Waals surface area (Å²) in [5, 5.41) is 7.14. The first-order valence-electron chi connectivity index (χ1n) is 5.22. The Morgan fingerprint density at radius 3 is 2.65 bits per heavy atom. The summed E-state index contributed by atoms with van der Waals surface area (Å²) in [5.41, 5.74) is 1.18. The van der Waals surface area contributed by atoms with Gasteiger partial charge in [0.25, 0.3) is 5.91 Å². The fourth-order valence-electron chi connectivity index (χ4n) is 1.86. The van der Waals surface area contributed by atoms with Crippen molar-refractivity contribution >= 4 is 28.8 Å². The van der Waals surface area contributed by atoms with Crippen LogP contribution in [0.1, 0.15) is 10.4 Å². The van der Waals surface area contributed by atoms with Crippen LogP contribution in [0.4, 0.5) is 5.69 Å². The number of carbonyl (C=O) groups is 2. The Hall–Kier alpha value is -2.36. The van der Waals surface area contributed by atoms with Crippen LogP contribution < -0.4 is 10.6 Å². The molecule has 2 aromatic rings. The highest BCUT2D eigenvalue weighted by Crippen LogP contribution is 2.26. The summed E-state index contributed by atoms with van der Waals surface area (Å²) in [6.45, 7) is 0. The van der Waals surface area contributed by atoms with Gasteiger partial charge in [0, 0.05) is 12.4 Å². The van der Waals surface area contributed by atoms with Gasteiger partial charge in [-0.3, -0.25) is 14.9 Å². The monoisotopic (exact) mass is 228 g/mol. The smallest absolute Gasteiger partial charge is 0.259 e. The van der Waals surface area contributed by atoms with E-state index in [2.05, 4.69) is 10.6 Å². The minimum absolute atomic E-state index is 0.386. The van der Waals surface area contributed by atoms with E-state index in [9.17, 15) is 9.59 Å². The topological polar surface area (TPSA) is 58.2 Å². The maximum absolute atomic E-state index is 11.7. The van der Waals surface area contributed by atoms with E-state index in [-0.39, 0.29) is 0 Å². The van der Waals surface area contributed by atoms with E-state index in [1.165, 1.54) is 0 Å². The van der Waals surface area contributed by atoms with E-state index in [0.717, 1.165) is 16.5 Å². The van der Waals surface area contributed by atoms with Gasteiger partial charge in [0.05, 0.1) is 11.3 Å². The minimum Gasteiger partial charge on any atom is -0.387 e. The van der Waals surface area contributed by atoms with Gasteiger partial charge in [-0.15, -0.1) is 0 Å². The van der Waals surface area contributed by atoms with Crippen LogP contribution in [0, 0.1) is 0 Å². The number of rotatable bonds is 3. The summed E-state index contributed by atoms with van der Waals surface area (Å²) in [6.07, 6.45) is 0.386. The molecule has 0 spiro atoms. The van der Waals surface area contributed by atoms with Crippen molar-refractivity contribution in [1.29, 1.82) is 0 Å². The molecule has 0 aliphatic carbocycles. The van der Waals surface area contributed by atoms with Gasteiger partial charge >= 0.3 is 0 Å². The predicted molar refractivity (Wildman–Crippen MR) is 67.0 cm³/mol. The zero-order valence-electron chi connectivity index (χ0n) is 9.36. The second-order valence-corrected chi connectivity index (χ2v) is 3.55. The summed E-state index contributed by atoms with van der Waals surface area (Å²) < 4.78 is 0. The molecule has 2 rings (SSSR count). The SMILES string of the molecule is CNc1c(C(=O)NC=O)ccc2ccccc12. The molecule has 0 radical (unpaired) electrons. The first-order chi connectivity index (χ1) is 8.27. The zero-order valence-corrected chi connectivity index (χ0v) is 9.36. The molecule has 0 bridgehead atoms. The highest BCUT2D eigenvalue weighted by atomic mass is 16.2. The van der Waals surface area contributed by atoms with E-state index in [4.69, 9.17) is 0 Å². The molecule has 0 saturated carbocycles. The predicted octanol–water partition coefficient (Wildman–Crippen LogP) is 1.77. The van der Waals surface area contributed by atoms with Crippen LogP contribution >= 0.6 is 0 Å². The minimum atomic E-state index is -0.407. The normalized spacial score (nSPS) is 9.94.